The van der Waals surface area contributed by atoms with E-state index in [1.807, 2.05) is 30.1 Å². The number of hydrogen-bond acceptors (Lipinski definition) is 1. The molecular weight excluding hydrogens is 140 g/mol. The van der Waals surface area contributed by atoms with Crippen LogP contribution in [-0.4, -0.2) is 10.2 Å². The lowest BCUT2D eigenvalue weighted by atomic mass is 10.2. The van der Waals surface area contributed by atoms with Gasteiger partial charge in [-0.3, -0.25) is 0 Å². The van der Waals surface area contributed by atoms with Crippen molar-refractivity contribution in [2.75, 3.05) is 0 Å². The van der Waals surface area contributed by atoms with Crippen LogP contribution in [0, 0.1) is 0 Å². The largest absolute Gasteiger partial charge is 0.506 e. The van der Waals surface area contributed by atoms with Gasteiger partial charge in [-0.2, -0.15) is 5.10 Å². The highest BCUT2D eigenvalue weighted by Crippen LogP contribution is 2.19. The number of nitrogens with zero attached hydrogens (tertiary/aromatic N) is 1. The van der Waals surface area contributed by atoms with E-state index in [0.717, 1.165) is 10.9 Å². The van der Waals surface area contributed by atoms with Gasteiger partial charge < -0.3 is 5.11 Å². The topological polar surface area (TPSA) is 39.9 Å². The fraction of sp³-hybridized carbons (Fsp3) is 0.125. The third-order valence-electron chi connectivity index (χ3n) is 1.70. The minimum absolute atomic E-state index is 0.295. The van der Waals surface area contributed by atoms with E-state index in [4.69, 9.17) is 0 Å². The second kappa shape index (κ2) is 1.99. The van der Waals surface area contributed by atoms with Crippen LogP contribution in [0.4, 0.5) is 0 Å². The average Bonchev–Trinajstić information content (AvgIpc) is 2.31. The minimum Gasteiger partial charge on any atom is -0.506 e. The monoisotopic (exact) mass is 149 g/mol. The van der Waals surface area contributed by atoms with E-state index >= 15 is 0 Å². The molecule has 56 valence electrons. The molecule has 3 nitrogen and oxygen atoms in total. The van der Waals surface area contributed by atoms with Crippen molar-refractivity contribution in [2.45, 2.75) is 0 Å². The van der Waals surface area contributed by atoms with Gasteiger partial charge in [0.05, 0.1) is 5.39 Å². The Morgan fingerprint density at radius 2 is 2.27 bits per heavy atom. The lowest BCUT2D eigenvalue weighted by molar-refractivity contribution is -0.724. The fourth-order valence-corrected chi connectivity index (χ4v) is 1.20. The fourth-order valence-electron chi connectivity index (χ4n) is 1.20. The number of phenolic OH excluding ortho intramolecular Hbond substituents is 1. The normalized spacial score (nSPS) is 10.6. The van der Waals surface area contributed by atoms with Crippen LogP contribution in [0.25, 0.3) is 10.9 Å². The summed E-state index contributed by atoms with van der Waals surface area (Å²) in [6.45, 7) is 0. The summed E-state index contributed by atoms with van der Waals surface area (Å²) < 4.78 is 1.81. The molecule has 0 aliphatic rings. The van der Waals surface area contributed by atoms with Gasteiger partial charge in [0.25, 0.3) is 0 Å². The molecule has 0 unspecified atom stereocenters. The summed E-state index contributed by atoms with van der Waals surface area (Å²) in [6, 6.07) is 5.44. The summed E-state index contributed by atoms with van der Waals surface area (Å²) in [4.78, 5) is 0. The van der Waals surface area contributed by atoms with Crippen LogP contribution in [0.15, 0.2) is 24.4 Å². The molecule has 0 fully saturated rings. The highest BCUT2D eigenvalue weighted by Gasteiger charge is 2.05. The van der Waals surface area contributed by atoms with Gasteiger partial charge in [0.2, 0.25) is 6.20 Å². The average molecular weight is 149 g/mol. The molecule has 0 aliphatic heterocycles. The number of benzene rings is 1. The number of aromatic nitrogens is 2. The first-order valence-electron chi connectivity index (χ1n) is 3.44. The summed E-state index contributed by atoms with van der Waals surface area (Å²) in [7, 11) is 1.89. The number of fused-ring (bicyclic) bond motifs is 1. The number of para-hydroxylation sites is 1. The van der Waals surface area contributed by atoms with Crippen molar-refractivity contribution in [3.05, 3.63) is 24.4 Å². The number of aromatic hydroxyl groups is 1. The summed E-state index contributed by atoms with van der Waals surface area (Å²) >= 11 is 0. The molecule has 0 aliphatic carbocycles. The smallest absolute Gasteiger partial charge is 0.203 e. The standard InChI is InChI=1S/C8H8N2O/c1-10-5-6-3-2-4-7(11)8(6)9-10/h2-5,11H,1H3/p+1. The van der Waals surface area contributed by atoms with Crippen LogP contribution in [0.1, 0.15) is 0 Å². The van der Waals surface area contributed by atoms with Gasteiger partial charge in [-0.1, -0.05) is 6.07 Å². The lowest BCUT2D eigenvalue weighted by Crippen LogP contribution is -2.27. The Labute approximate surface area is 63.9 Å². The Morgan fingerprint density at radius 3 is 3.00 bits per heavy atom. The van der Waals surface area contributed by atoms with E-state index in [1.54, 1.807) is 6.07 Å². The first kappa shape index (κ1) is 6.22. The molecule has 0 saturated heterocycles. The molecule has 0 atom stereocenters. The number of nitrogens with one attached hydrogen (secondary N) is 1. The SMILES string of the molecule is C[n+]1cc2cccc(O)c2[nH]1. The van der Waals surface area contributed by atoms with Crippen LogP contribution >= 0.6 is 0 Å². The number of H-pyrrole nitrogens is 1. The second-order valence-electron chi connectivity index (χ2n) is 2.59. The molecule has 1 aromatic heterocycles. The number of hydrogen-bond donors (Lipinski definition) is 2. The van der Waals surface area contributed by atoms with Gasteiger partial charge in [0.1, 0.15) is 5.75 Å². The van der Waals surface area contributed by atoms with Gasteiger partial charge in [-0.05, 0) is 12.1 Å². The predicted molar refractivity (Wildman–Crippen MR) is 41.1 cm³/mol. The van der Waals surface area contributed by atoms with Gasteiger partial charge in [0.15, 0.2) is 12.6 Å². The molecule has 1 aromatic carbocycles. The van der Waals surface area contributed by atoms with Gasteiger partial charge in [-0.15, -0.1) is 4.68 Å². The Balaban J connectivity index is 2.90. The summed E-state index contributed by atoms with van der Waals surface area (Å²) in [5.41, 5.74) is 0.787. The van der Waals surface area contributed by atoms with E-state index in [-0.39, 0.29) is 0 Å². The Morgan fingerprint density at radius 1 is 1.45 bits per heavy atom. The molecule has 0 saturated carbocycles. The zero-order valence-corrected chi connectivity index (χ0v) is 6.20. The second-order valence-corrected chi connectivity index (χ2v) is 2.59. The number of phenols is 1. The molecule has 2 rings (SSSR count). The van der Waals surface area contributed by atoms with Crippen LogP contribution < -0.4 is 4.68 Å². The highest BCUT2D eigenvalue weighted by atomic mass is 16.3. The Bertz CT molecular complexity index is 392. The van der Waals surface area contributed by atoms with Gasteiger partial charge >= 0.3 is 0 Å². The van der Waals surface area contributed by atoms with E-state index in [2.05, 4.69) is 5.10 Å². The zero-order chi connectivity index (χ0) is 7.84. The van der Waals surface area contributed by atoms with Crippen molar-refractivity contribution in [3.8, 4) is 5.75 Å². The quantitative estimate of drug-likeness (QED) is 0.532. The summed E-state index contributed by atoms with van der Waals surface area (Å²) in [6.07, 6.45) is 1.93. The number of aromatic amines is 1. The van der Waals surface area contributed by atoms with Crippen LogP contribution in [0.5, 0.6) is 5.75 Å². The van der Waals surface area contributed by atoms with Crippen molar-refractivity contribution in [3.63, 3.8) is 0 Å². The van der Waals surface area contributed by atoms with Crippen molar-refractivity contribution in [1.82, 2.24) is 5.10 Å². The highest BCUT2D eigenvalue weighted by molar-refractivity contribution is 5.82. The maximum absolute atomic E-state index is 9.34. The molecule has 2 aromatic rings. The minimum atomic E-state index is 0.295. The summed E-state index contributed by atoms with van der Waals surface area (Å²) in [5.74, 6) is 0.295. The molecule has 0 amide bonds. The Hall–Kier alpha value is -1.51. The molecule has 0 radical (unpaired) electrons. The zero-order valence-electron chi connectivity index (χ0n) is 6.20. The van der Waals surface area contributed by atoms with Crippen molar-refractivity contribution in [2.24, 2.45) is 7.05 Å². The van der Waals surface area contributed by atoms with Crippen LogP contribution in [0.2, 0.25) is 0 Å². The lowest BCUT2D eigenvalue weighted by Gasteiger charge is -1.87. The van der Waals surface area contributed by atoms with Crippen molar-refractivity contribution < 1.29 is 9.79 Å². The first-order chi connectivity index (χ1) is 5.27. The van der Waals surface area contributed by atoms with Crippen LogP contribution in [-0.2, 0) is 7.05 Å². The molecule has 0 bridgehead atoms. The van der Waals surface area contributed by atoms with Gasteiger partial charge in [0, 0.05) is 0 Å². The van der Waals surface area contributed by atoms with E-state index in [1.165, 1.54) is 0 Å². The summed E-state index contributed by atoms with van der Waals surface area (Å²) in [5, 5.41) is 13.4. The maximum Gasteiger partial charge on any atom is 0.203 e. The third-order valence-corrected chi connectivity index (χ3v) is 1.70. The van der Waals surface area contributed by atoms with E-state index < -0.39 is 0 Å². The van der Waals surface area contributed by atoms with Crippen molar-refractivity contribution in [1.29, 1.82) is 0 Å². The molecule has 0 spiro atoms. The van der Waals surface area contributed by atoms with E-state index in [9.17, 15) is 5.11 Å². The molecule has 1 heterocycles. The van der Waals surface area contributed by atoms with Gasteiger partial charge in [-0.25, -0.2) is 0 Å². The molecule has 11 heavy (non-hydrogen) atoms. The van der Waals surface area contributed by atoms with Crippen molar-refractivity contribution >= 4 is 10.9 Å². The molecule has 2 N–H and O–H groups in total. The third kappa shape index (κ3) is 0.852. The maximum atomic E-state index is 9.34. The van der Waals surface area contributed by atoms with Crippen LogP contribution in [0.3, 0.4) is 0 Å². The molecular formula is C8H9N2O+. The Kier molecular flexibility index (Phi) is 1.12. The predicted octanol–water partition coefficient (Wildman–Crippen LogP) is 0.698. The van der Waals surface area contributed by atoms with E-state index in [0.29, 0.717) is 5.75 Å². The number of aryl methyl sites for hydroxylation is 1. The molecule has 3 heteroatoms. The number of rotatable bonds is 0. The first-order valence-corrected chi connectivity index (χ1v) is 3.44.